The molecule has 0 radical (unpaired) electrons. The number of aromatic amines is 1. The number of nitrogens with one attached hydrogen (secondary N) is 2. The van der Waals surface area contributed by atoms with Gasteiger partial charge in [-0.15, -0.1) is 0 Å². The van der Waals surface area contributed by atoms with Gasteiger partial charge in [0.25, 0.3) is 0 Å². The molecule has 20 heavy (non-hydrogen) atoms. The Balaban J connectivity index is 2.08. The predicted molar refractivity (Wildman–Crippen MR) is 80.0 cm³/mol. The largest absolute Gasteiger partial charge is 0.363 e. The molecule has 1 aromatic rings. The molecule has 5 nitrogen and oxygen atoms in total. The summed E-state index contributed by atoms with van der Waals surface area (Å²) < 4.78 is 26.8. The zero-order valence-electron chi connectivity index (χ0n) is 12.4. The van der Waals surface area contributed by atoms with Crippen LogP contribution in [0.25, 0.3) is 0 Å². The first-order valence-corrected chi connectivity index (χ1v) is 8.85. The molecule has 1 aromatic heterocycles. The summed E-state index contributed by atoms with van der Waals surface area (Å²) in [7, 11) is -3.33. The Bertz CT molecular complexity index is 514. The molecule has 1 saturated heterocycles. The molecule has 1 aliphatic rings. The lowest BCUT2D eigenvalue weighted by atomic mass is 10.2. The van der Waals surface area contributed by atoms with E-state index in [9.17, 15) is 8.42 Å². The molecule has 2 heterocycles. The van der Waals surface area contributed by atoms with E-state index in [0.717, 1.165) is 31.4 Å². The summed E-state index contributed by atoms with van der Waals surface area (Å²) in [5.74, 6) is 0. The summed E-state index contributed by atoms with van der Waals surface area (Å²) in [5.41, 5.74) is 0.909. The van der Waals surface area contributed by atoms with Gasteiger partial charge in [0.05, 0.1) is 4.90 Å². The average molecular weight is 299 g/mol. The Kier molecular flexibility index (Phi) is 5.23. The Hall–Kier alpha value is -0.850. The van der Waals surface area contributed by atoms with Gasteiger partial charge in [0.2, 0.25) is 10.0 Å². The number of hydrogen-bond acceptors (Lipinski definition) is 3. The third-order valence-electron chi connectivity index (χ3n) is 3.62. The molecule has 0 aliphatic carbocycles. The minimum absolute atomic E-state index is 0.379. The van der Waals surface area contributed by atoms with Crippen LogP contribution in [-0.4, -0.2) is 36.8 Å². The monoisotopic (exact) mass is 299 g/mol. The first kappa shape index (κ1) is 15.5. The molecule has 2 rings (SSSR count). The molecule has 0 aromatic carbocycles. The molecule has 0 saturated carbocycles. The van der Waals surface area contributed by atoms with Crippen LogP contribution < -0.4 is 5.32 Å². The molecule has 0 bridgehead atoms. The Labute approximate surface area is 121 Å². The topological polar surface area (TPSA) is 65.2 Å². The van der Waals surface area contributed by atoms with Gasteiger partial charge in [-0.25, -0.2) is 8.42 Å². The Morgan fingerprint density at radius 3 is 2.50 bits per heavy atom. The van der Waals surface area contributed by atoms with Gasteiger partial charge in [-0.1, -0.05) is 26.7 Å². The highest BCUT2D eigenvalue weighted by molar-refractivity contribution is 7.89. The normalized spacial score (nSPS) is 18.4. The van der Waals surface area contributed by atoms with Crippen molar-refractivity contribution < 1.29 is 8.42 Å². The fraction of sp³-hybridized carbons (Fsp3) is 0.714. The van der Waals surface area contributed by atoms with Gasteiger partial charge in [-0.2, -0.15) is 4.31 Å². The van der Waals surface area contributed by atoms with E-state index >= 15 is 0 Å². The summed E-state index contributed by atoms with van der Waals surface area (Å²) in [6, 6.07) is 2.12. The second kappa shape index (κ2) is 6.74. The van der Waals surface area contributed by atoms with E-state index in [1.807, 2.05) is 0 Å². The third kappa shape index (κ3) is 3.84. The molecule has 0 atom stereocenters. The van der Waals surface area contributed by atoms with Crippen LogP contribution >= 0.6 is 0 Å². The lowest BCUT2D eigenvalue weighted by Gasteiger charge is -2.18. The maximum atomic E-state index is 12.6. The molecular weight excluding hydrogens is 274 g/mol. The van der Waals surface area contributed by atoms with Crippen molar-refractivity contribution in [2.24, 2.45) is 0 Å². The van der Waals surface area contributed by atoms with E-state index in [2.05, 4.69) is 24.1 Å². The highest BCUT2D eigenvalue weighted by atomic mass is 32.2. The number of aromatic nitrogens is 1. The van der Waals surface area contributed by atoms with Crippen molar-refractivity contribution >= 4 is 10.0 Å². The summed E-state index contributed by atoms with van der Waals surface area (Å²) >= 11 is 0. The van der Waals surface area contributed by atoms with Gasteiger partial charge in [0, 0.05) is 37.6 Å². The van der Waals surface area contributed by atoms with Gasteiger partial charge in [-0.05, 0) is 18.9 Å². The van der Waals surface area contributed by atoms with E-state index in [1.165, 1.54) is 0 Å². The summed E-state index contributed by atoms with van der Waals surface area (Å²) in [5, 5.41) is 3.28. The number of sulfonamides is 1. The first-order valence-electron chi connectivity index (χ1n) is 7.41. The molecule has 2 N–H and O–H groups in total. The van der Waals surface area contributed by atoms with Crippen LogP contribution in [0.4, 0.5) is 0 Å². The van der Waals surface area contributed by atoms with Crippen LogP contribution in [0.15, 0.2) is 17.2 Å². The smallest absolute Gasteiger partial charge is 0.244 e. The zero-order valence-corrected chi connectivity index (χ0v) is 13.2. The van der Waals surface area contributed by atoms with Crippen LogP contribution in [0.3, 0.4) is 0 Å². The van der Waals surface area contributed by atoms with Gasteiger partial charge < -0.3 is 10.3 Å². The summed E-state index contributed by atoms with van der Waals surface area (Å²) in [6.45, 7) is 6.09. The van der Waals surface area contributed by atoms with Crippen LogP contribution in [-0.2, 0) is 16.6 Å². The van der Waals surface area contributed by atoms with E-state index in [4.69, 9.17) is 0 Å². The van der Waals surface area contributed by atoms with Gasteiger partial charge >= 0.3 is 0 Å². The number of H-pyrrole nitrogens is 1. The van der Waals surface area contributed by atoms with Crippen molar-refractivity contribution in [2.75, 3.05) is 13.1 Å². The molecule has 1 aliphatic heterocycles. The van der Waals surface area contributed by atoms with E-state index in [1.54, 1.807) is 16.6 Å². The molecule has 0 amide bonds. The summed E-state index contributed by atoms with van der Waals surface area (Å²) in [6.07, 6.45) is 5.79. The standard InChI is InChI=1S/C14H25N3O2S/c1-12(2)15-10-13-9-14(11-16-13)20(18,19)17-7-5-3-4-6-8-17/h9,11-12,15-16H,3-8,10H2,1-2H3. The van der Waals surface area contributed by atoms with Crippen LogP contribution in [0.2, 0.25) is 0 Å². The second-order valence-corrected chi connectivity index (χ2v) is 7.65. The lowest BCUT2D eigenvalue weighted by molar-refractivity contribution is 0.424. The second-order valence-electron chi connectivity index (χ2n) is 5.71. The molecule has 0 spiro atoms. The molecule has 114 valence electrons. The minimum atomic E-state index is -3.33. The van der Waals surface area contributed by atoms with Crippen LogP contribution in [0.5, 0.6) is 0 Å². The fourth-order valence-electron chi connectivity index (χ4n) is 2.42. The fourth-order valence-corrected chi connectivity index (χ4v) is 3.95. The highest BCUT2D eigenvalue weighted by Gasteiger charge is 2.25. The number of hydrogen-bond donors (Lipinski definition) is 2. The van der Waals surface area contributed by atoms with E-state index in [-0.39, 0.29) is 0 Å². The van der Waals surface area contributed by atoms with Crippen molar-refractivity contribution in [1.82, 2.24) is 14.6 Å². The molecular formula is C14H25N3O2S. The van der Waals surface area contributed by atoms with Gasteiger partial charge in [-0.3, -0.25) is 0 Å². The van der Waals surface area contributed by atoms with Gasteiger partial charge in [0.15, 0.2) is 0 Å². The average Bonchev–Trinajstić information content (AvgIpc) is 2.70. The highest BCUT2D eigenvalue weighted by Crippen LogP contribution is 2.20. The Morgan fingerprint density at radius 1 is 1.25 bits per heavy atom. The molecule has 0 unspecified atom stereocenters. The van der Waals surface area contributed by atoms with Crippen LogP contribution in [0, 0.1) is 0 Å². The molecule has 6 heteroatoms. The Morgan fingerprint density at radius 2 is 1.90 bits per heavy atom. The van der Waals surface area contributed by atoms with Crippen molar-refractivity contribution in [3.63, 3.8) is 0 Å². The SMILES string of the molecule is CC(C)NCc1cc(S(=O)(=O)N2CCCCCC2)c[nH]1. The van der Waals surface area contributed by atoms with Crippen molar-refractivity contribution in [1.29, 1.82) is 0 Å². The number of rotatable bonds is 5. The maximum Gasteiger partial charge on any atom is 0.244 e. The quantitative estimate of drug-likeness (QED) is 0.875. The minimum Gasteiger partial charge on any atom is -0.363 e. The number of nitrogens with zero attached hydrogens (tertiary/aromatic N) is 1. The van der Waals surface area contributed by atoms with E-state index in [0.29, 0.717) is 30.6 Å². The van der Waals surface area contributed by atoms with Crippen LogP contribution in [0.1, 0.15) is 45.2 Å². The van der Waals surface area contributed by atoms with E-state index < -0.39 is 10.0 Å². The van der Waals surface area contributed by atoms with Gasteiger partial charge in [0.1, 0.15) is 0 Å². The maximum absolute atomic E-state index is 12.6. The van der Waals surface area contributed by atoms with Crippen molar-refractivity contribution in [3.8, 4) is 0 Å². The lowest BCUT2D eigenvalue weighted by Crippen LogP contribution is -2.31. The zero-order chi connectivity index (χ0) is 14.6. The first-order chi connectivity index (χ1) is 9.50. The summed E-state index contributed by atoms with van der Waals surface area (Å²) in [4.78, 5) is 3.44. The van der Waals surface area contributed by atoms with Crippen molar-refractivity contribution in [2.45, 2.75) is 57.0 Å². The van der Waals surface area contributed by atoms with Crippen molar-refractivity contribution in [3.05, 3.63) is 18.0 Å². The molecule has 1 fully saturated rings. The third-order valence-corrected chi connectivity index (χ3v) is 5.50. The predicted octanol–water partition coefficient (Wildman–Crippen LogP) is 2.08.